The number of amides is 2. The van der Waals surface area contributed by atoms with Crippen molar-refractivity contribution in [3.63, 3.8) is 0 Å². The van der Waals surface area contributed by atoms with Crippen molar-refractivity contribution in [3.8, 4) is 0 Å². The quantitative estimate of drug-likeness (QED) is 0.721. The van der Waals surface area contributed by atoms with E-state index in [2.05, 4.69) is 34.8 Å². The van der Waals surface area contributed by atoms with Gasteiger partial charge in [0.15, 0.2) is 5.69 Å². The topological polar surface area (TPSA) is 92.2 Å². The maximum atomic E-state index is 13.2. The maximum Gasteiger partial charge on any atom is 0.276 e. The fraction of sp³-hybridized carbons (Fsp3) is 0.800. The Morgan fingerprint density at radius 1 is 1.21 bits per heavy atom. The van der Waals surface area contributed by atoms with E-state index < -0.39 is 0 Å². The van der Waals surface area contributed by atoms with Crippen LogP contribution in [0.4, 0.5) is 0 Å². The number of hydrogen-bond donors (Lipinski definition) is 2. The average molecular weight is 391 g/mol. The highest BCUT2D eigenvalue weighted by atomic mass is 16.2. The minimum Gasteiger partial charge on any atom is -0.356 e. The first kappa shape index (κ1) is 20.8. The van der Waals surface area contributed by atoms with Gasteiger partial charge in [-0.25, -0.2) is 4.68 Å². The molecule has 156 valence electrons. The van der Waals surface area contributed by atoms with Crippen LogP contribution in [0.2, 0.25) is 0 Å². The van der Waals surface area contributed by atoms with Gasteiger partial charge in [-0.15, -0.1) is 5.10 Å². The highest BCUT2D eigenvalue weighted by Crippen LogP contribution is 2.26. The summed E-state index contributed by atoms with van der Waals surface area (Å²) in [4.78, 5) is 27.5. The van der Waals surface area contributed by atoms with E-state index in [0.717, 1.165) is 57.3 Å². The van der Waals surface area contributed by atoms with Crippen LogP contribution in [0.3, 0.4) is 0 Å². The number of carbonyl (C=O) groups is 2. The number of piperidine rings is 2. The lowest BCUT2D eigenvalue weighted by Crippen LogP contribution is -2.49. The summed E-state index contributed by atoms with van der Waals surface area (Å²) in [5.74, 6) is -0.179. The van der Waals surface area contributed by atoms with Crippen LogP contribution >= 0.6 is 0 Å². The molecule has 2 aliphatic rings. The summed E-state index contributed by atoms with van der Waals surface area (Å²) in [7, 11) is 0. The van der Waals surface area contributed by atoms with Gasteiger partial charge in [-0.05, 0) is 59.0 Å². The monoisotopic (exact) mass is 390 g/mol. The molecular weight excluding hydrogens is 356 g/mol. The molecule has 0 saturated carbocycles. The summed E-state index contributed by atoms with van der Waals surface area (Å²) >= 11 is 0. The number of rotatable bonds is 6. The van der Waals surface area contributed by atoms with Crippen LogP contribution in [0.25, 0.3) is 0 Å². The Labute approximate surface area is 167 Å². The zero-order valence-corrected chi connectivity index (χ0v) is 17.4. The van der Waals surface area contributed by atoms with Crippen molar-refractivity contribution in [2.45, 2.75) is 71.4 Å². The summed E-state index contributed by atoms with van der Waals surface area (Å²) in [6.07, 6.45) is 5.69. The molecule has 1 aromatic rings. The molecule has 2 fully saturated rings. The van der Waals surface area contributed by atoms with Crippen molar-refractivity contribution in [3.05, 3.63) is 11.4 Å². The molecule has 3 rings (SSSR count). The molecule has 0 spiro atoms. The molecule has 2 amide bonds. The zero-order chi connectivity index (χ0) is 20.1. The lowest BCUT2D eigenvalue weighted by Gasteiger charge is -2.37. The fourth-order valence-electron chi connectivity index (χ4n) is 4.21. The average Bonchev–Trinajstić information content (AvgIpc) is 3.10. The van der Waals surface area contributed by atoms with E-state index in [1.807, 2.05) is 16.5 Å². The summed E-state index contributed by atoms with van der Waals surface area (Å²) < 4.78 is 1.91. The molecule has 8 nitrogen and oxygen atoms in total. The van der Waals surface area contributed by atoms with Gasteiger partial charge in [0.25, 0.3) is 5.91 Å². The van der Waals surface area contributed by atoms with Crippen LogP contribution in [-0.2, 0) is 4.79 Å². The van der Waals surface area contributed by atoms with Crippen molar-refractivity contribution >= 4 is 11.8 Å². The number of likely N-dealkylation sites (tertiary alicyclic amines) is 1. The Bertz CT molecular complexity index is 682. The van der Waals surface area contributed by atoms with Crippen LogP contribution < -0.4 is 10.6 Å². The third kappa shape index (κ3) is 4.54. The fourth-order valence-corrected chi connectivity index (χ4v) is 4.21. The second-order valence-corrected chi connectivity index (χ2v) is 8.17. The first-order chi connectivity index (χ1) is 13.5. The number of nitrogens with zero attached hydrogens (tertiary/aromatic N) is 4. The highest BCUT2D eigenvalue weighted by Gasteiger charge is 2.35. The van der Waals surface area contributed by atoms with Gasteiger partial charge in [-0.1, -0.05) is 18.6 Å². The molecule has 2 aliphatic heterocycles. The first-order valence-electron chi connectivity index (χ1n) is 10.7. The van der Waals surface area contributed by atoms with Crippen LogP contribution in [0.1, 0.15) is 74.6 Å². The SMILES string of the molecule is CCCCNC(=O)C1CCC(C)N(C(=O)c2nnn(C3CCNCC3)c2C)C1. The van der Waals surface area contributed by atoms with E-state index in [9.17, 15) is 9.59 Å². The minimum absolute atomic E-state index is 0.0632. The summed E-state index contributed by atoms with van der Waals surface area (Å²) in [6, 6.07) is 0.404. The molecular formula is C20H34N6O2. The molecule has 0 bridgehead atoms. The van der Waals surface area contributed by atoms with Crippen molar-refractivity contribution in [2.24, 2.45) is 5.92 Å². The van der Waals surface area contributed by atoms with Gasteiger partial charge in [-0.2, -0.15) is 0 Å². The van der Waals surface area contributed by atoms with Gasteiger partial charge in [0.05, 0.1) is 17.7 Å². The van der Waals surface area contributed by atoms with Crippen molar-refractivity contribution < 1.29 is 9.59 Å². The third-order valence-electron chi connectivity index (χ3n) is 6.13. The molecule has 2 unspecified atom stereocenters. The smallest absolute Gasteiger partial charge is 0.276 e. The molecule has 3 heterocycles. The van der Waals surface area contributed by atoms with Crippen LogP contribution in [0.5, 0.6) is 0 Å². The van der Waals surface area contributed by atoms with Gasteiger partial charge >= 0.3 is 0 Å². The number of carbonyl (C=O) groups excluding carboxylic acids is 2. The molecule has 0 aromatic carbocycles. The van der Waals surface area contributed by atoms with Gasteiger partial charge in [-0.3, -0.25) is 9.59 Å². The van der Waals surface area contributed by atoms with E-state index >= 15 is 0 Å². The second kappa shape index (κ2) is 9.49. The van der Waals surface area contributed by atoms with E-state index in [1.165, 1.54) is 0 Å². The number of nitrogens with one attached hydrogen (secondary N) is 2. The number of aromatic nitrogens is 3. The lowest BCUT2D eigenvalue weighted by molar-refractivity contribution is -0.126. The molecule has 0 aliphatic carbocycles. The van der Waals surface area contributed by atoms with Crippen LogP contribution in [0.15, 0.2) is 0 Å². The zero-order valence-electron chi connectivity index (χ0n) is 17.4. The molecule has 8 heteroatoms. The maximum absolute atomic E-state index is 13.2. The van der Waals surface area contributed by atoms with Crippen LogP contribution in [0, 0.1) is 12.8 Å². The predicted octanol–water partition coefficient (Wildman–Crippen LogP) is 1.67. The highest BCUT2D eigenvalue weighted by molar-refractivity contribution is 5.94. The number of unbranched alkanes of at least 4 members (excludes halogenated alkanes) is 1. The largest absolute Gasteiger partial charge is 0.356 e. The molecule has 28 heavy (non-hydrogen) atoms. The minimum atomic E-state index is -0.142. The second-order valence-electron chi connectivity index (χ2n) is 8.17. The normalized spacial score (nSPS) is 23.6. The van der Waals surface area contributed by atoms with Gasteiger partial charge in [0.1, 0.15) is 0 Å². The molecule has 2 saturated heterocycles. The molecule has 0 radical (unpaired) electrons. The van der Waals surface area contributed by atoms with E-state index in [0.29, 0.717) is 24.8 Å². The van der Waals surface area contributed by atoms with Gasteiger partial charge in [0.2, 0.25) is 5.91 Å². The Morgan fingerprint density at radius 2 is 1.96 bits per heavy atom. The molecule has 2 atom stereocenters. The van der Waals surface area contributed by atoms with Gasteiger partial charge < -0.3 is 15.5 Å². The first-order valence-corrected chi connectivity index (χ1v) is 10.7. The van der Waals surface area contributed by atoms with E-state index in [-0.39, 0.29) is 23.8 Å². The Balaban J connectivity index is 1.68. The summed E-state index contributed by atoms with van der Waals surface area (Å²) in [6.45, 7) is 9.18. The Morgan fingerprint density at radius 3 is 2.68 bits per heavy atom. The van der Waals surface area contributed by atoms with Gasteiger partial charge in [0, 0.05) is 19.1 Å². The Kier molecular flexibility index (Phi) is 7.04. The predicted molar refractivity (Wildman–Crippen MR) is 107 cm³/mol. The van der Waals surface area contributed by atoms with Crippen molar-refractivity contribution in [2.75, 3.05) is 26.2 Å². The van der Waals surface area contributed by atoms with Crippen molar-refractivity contribution in [1.29, 1.82) is 0 Å². The third-order valence-corrected chi connectivity index (χ3v) is 6.13. The molecule has 1 aromatic heterocycles. The van der Waals surface area contributed by atoms with E-state index in [4.69, 9.17) is 0 Å². The summed E-state index contributed by atoms with van der Waals surface area (Å²) in [5, 5.41) is 14.9. The van der Waals surface area contributed by atoms with E-state index in [1.54, 1.807) is 0 Å². The standard InChI is InChI=1S/C20H34N6O2/c1-4-5-10-22-19(27)16-7-6-14(2)25(13-16)20(28)18-15(3)26(24-23-18)17-8-11-21-12-9-17/h14,16-17,21H,4-13H2,1-3H3,(H,22,27). The van der Waals surface area contributed by atoms with Crippen LogP contribution in [-0.4, -0.2) is 63.9 Å². The van der Waals surface area contributed by atoms with Crippen molar-refractivity contribution in [1.82, 2.24) is 30.5 Å². The lowest BCUT2D eigenvalue weighted by atomic mass is 9.92. The Hall–Kier alpha value is -1.96. The molecule has 2 N–H and O–H groups in total. The summed E-state index contributed by atoms with van der Waals surface area (Å²) in [5.41, 5.74) is 1.26. The number of hydrogen-bond acceptors (Lipinski definition) is 5.